The van der Waals surface area contributed by atoms with Crippen LogP contribution in [0.3, 0.4) is 0 Å². The van der Waals surface area contributed by atoms with Crippen LogP contribution in [0.25, 0.3) is 0 Å². The van der Waals surface area contributed by atoms with Gasteiger partial charge < -0.3 is 10.4 Å². The molecular weight excluding hydrogens is 351 g/mol. The highest BCUT2D eigenvalue weighted by Crippen LogP contribution is 2.39. The standard InChI is InChI=1S/C14H9BrF3NO2/c15-12-9(14(16,17)18)5-3-7-11(12)19-10-6-2-1-4-8(10)13(20)21/h1-7,19H,(H,20,21). The number of anilines is 2. The number of carboxylic acid groups (broad SMARTS) is 1. The Morgan fingerprint density at radius 2 is 1.67 bits per heavy atom. The second kappa shape index (κ2) is 5.77. The number of aromatic carboxylic acids is 1. The highest BCUT2D eigenvalue weighted by Gasteiger charge is 2.33. The van der Waals surface area contributed by atoms with Crippen molar-refractivity contribution in [2.45, 2.75) is 6.18 Å². The first-order valence-electron chi connectivity index (χ1n) is 5.76. The lowest BCUT2D eigenvalue weighted by Crippen LogP contribution is -2.08. The van der Waals surface area contributed by atoms with Crippen molar-refractivity contribution in [2.75, 3.05) is 5.32 Å². The van der Waals surface area contributed by atoms with Crippen LogP contribution in [-0.2, 0) is 6.18 Å². The molecule has 0 fully saturated rings. The van der Waals surface area contributed by atoms with E-state index in [0.29, 0.717) is 0 Å². The number of rotatable bonds is 3. The maximum atomic E-state index is 12.8. The smallest absolute Gasteiger partial charge is 0.417 e. The van der Waals surface area contributed by atoms with Crippen molar-refractivity contribution in [3.63, 3.8) is 0 Å². The van der Waals surface area contributed by atoms with Gasteiger partial charge in [-0.25, -0.2) is 4.79 Å². The Balaban J connectivity index is 2.44. The fourth-order valence-electron chi connectivity index (χ4n) is 1.77. The normalized spacial score (nSPS) is 11.2. The fourth-order valence-corrected chi connectivity index (χ4v) is 2.36. The minimum absolute atomic E-state index is 0.0261. The summed E-state index contributed by atoms with van der Waals surface area (Å²) in [5.41, 5.74) is -0.509. The van der Waals surface area contributed by atoms with Crippen molar-refractivity contribution >= 4 is 33.3 Å². The molecule has 3 nitrogen and oxygen atoms in total. The number of nitrogens with one attached hydrogen (secondary N) is 1. The van der Waals surface area contributed by atoms with E-state index in [1.807, 2.05) is 0 Å². The largest absolute Gasteiger partial charge is 0.478 e. The zero-order valence-electron chi connectivity index (χ0n) is 10.4. The first kappa shape index (κ1) is 15.4. The van der Waals surface area contributed by atoms with Crippen LogP contribution in [0.2, 0.25) is 0 Å². The third-order valence-corrected chi connectivity index (χ3v) is 3.59. The van der Waals surface area contributed by atoms with E-state index >= 15 is 0 Å². The van der Waals surface area contributed by atoms with Gasteiger partial charge in [0.1, 0.15) is 0 Å². The Morgan fingerprint density at radius 3 is 2.29 bits per heavy atom. The van der Waals surface area contributed by atoms with Crippen molar-refractivity contribution in [3.8, 4) is 0 Å². The molecule has 0 bridgehead atoms. The second-order valence-corrected chi connectivity index (χ2v) is 4.93. The van der Waals surface area contributed by atoms with Crippen molar-refractivity contribution < 1.29 is 23.1 Å². The number of hydrogen-bond donors (Lipinski definition) is 2. The van der Waals surface area contributed by atoms with Gasteiger partial charge in [-0.05, 0) is 40.2 Å². The van der Waals surface area contributed by atoms with E-state index in [0.717, 1.165) is 6.07 Å². The SMILES string of the molecule is O=C(O)c1ccccc1Nc1cccc(C(F)(F)F)c1Br. The van der Waals surface area contributed by atoms with Crippen LogP contribution in [0, 0.1) is 0 Å². The fraction of sp³-hybridized carbons (Fsp3) is 0.0714. The highest BCUT2D eigenvalue weighted by atomic mass is 79.9. The third-order valence-electron chi connectivity index (χ3n) is 2.73. The van der Waals surface area contributed by atoms with Crippen LogP contribution < -0.4 is 5.32 Å². The Bertz CT molecular complexity index is 686. The Morgan fingerprint density at radius 1 is 1.05 bits per heavy atom. The Hall–Kier alpha value is -2.02. The van der Waals surface area contributed by atoms with Gasteiger partial charge in [-0.1, -0.05) is 18.2 Å². The van der Waals surface area contributed by atoms with Gasteiger partial charge in [0, 0.05) is 0 Å². The highest BCUT2D eigenvalue weighted by molar-refractivity contribution is 9.10. The van der Waals surface area contributed by atoms with Crippen molar-refractivity contribution in [1.29, 1.82) is 0 Å². The molecule has 0 radical (unpaired) electrons. The maximum absolute atomic E-state index is 12.8. The first-order valence-corrected chi connectivity index (χ1v) is 6.55. The average molecular weight is 360 g/mol. The van der Waals surface area contributed by atoms with Crippen LogP contribution in [0.15, 0.2) is 46.9 Å². The van der Waals surface area contributed by atoms with Gasteiger partial charge in [-0.2, -0.15) is 13.2 Å². The summed E-state index contributed by atoms with van der Waals surface area (Å²) < 4.78 is 38.3. The molecule has 0 heterocycles. The van der Waals surface area contributed by atoms with E-state index in [-0.39, 0.29) is 21.4 Å². The number of halogens is 4. The van der Waals surface area contributed by atoms with E-state index in [2.05, 4.69) is 21.2 Å². The Labute approximate surface area is 126 Å². The quantitative estimate of drug-likeness (QED) is 0.818. The molecule has 0 atom stereocenters. The van der Waals surface area contributed by atoms with E-state index in [1.54, 1.807) is 6.07 Å². The van der Waals surface area contributed by atoms with E-state index in [1.165, 1.54) is 30.3 Å². The molecule has 0 aliphatic rings. The van der Waals surface area contributed by atoms with Gasteiger partial charge in [0.2, 0.25) is 0 Å². The molecule has 0 aromatic heterocycles. The van der Waals surface area contributed by atoms with Crippen LogP contribution in [0.1, 0.15) is 15.9 Å². The summed E-state index contributed by atoms with van der Waals surface area (Å²) in [7, 11) is 0. The summed E-state index contributed by atoms with van der Waals surface area (Å²) in [6, 6.07) is 9.60. The summed E-state index contributed by atoms with van der Waals surface area (Å²) in [6.45, 7) is 0. The maximum Gasteiger partial charge on any atom is 0.417 e. The van der Waals surface area contributed by atoms with Crippen LogP contribution >= 0.6 is 15.9 Å². The summed E-state index contributed by atoms with van der Waals surface area (Å²) in [5, 5.41) is 11.8. The van der Waals surface area contributed by atoms with Gasteiger partial charge in [-0.15, -0.1) is 0 Å². The summed E-state index contributed by atoms with van der Waals surface area (Å²) >= 11 is 2.91. The number of carbonyl (C=O) groups is 1. The minimum Gasteiger partial charge on any atom is -0.478 e. The van der Waals surface area contributed by atoms with Crippen molar-refractivity contribution in [1.82, 2.24) is 0 Å². The molecule has 0 saturated carbocycles. The van der Waals surface area contributed by atoms with Gasteiger partial charge in [0.25, 0.3) is 0 Å². The summed E-state index contributed by atoms with van der Waals surface area (Å²) in [4.78, 5) is 11.1. The predicted molar refractivity (Wildman–Crippen MR) is 75.8 cm³/mol. The number of carboxylic acids is 1. The molecule has 21 heavy (non-hydrogen) atoms. The zero-order valence-corrected chi connectivity index (χ0v) is 12.0. The lowest BCUT2D eigenvalue weighted by Gasteiger charge is -2.15. The van der Waals surface area contributed by atoms with E-state index in [4.69, 9.17) is 5.11 Å². The average Bonchev–Trinajstić information content (AvgIpc) is 2.40. The summed E-state index contributed by atoms with van der Waals surface area (Å²) in [5.74, 6) is -1.17. The van der Waals surface area contributed by atoms with Crippen LogP contribution in [0.4, 0.5) is 24.5 Å². The van der Waals surface area contributed by atoms with E-state index in [9.17, 15) is 18.0 Å². The molecule has 0 aliphatic heterocycles. The molecule has 2 aromatic rings. The van der Waals surface area contributed by atoms with Gasteiger partial charge >= 0.3 is 12.1 Å². The van der Waals surface area contributed by atoms with Gasteiger partial charge in [0.05, 0.1) is 27.0 Å². The zero-order chi connectivity index (χ0) is 15.6. The monoisotopic (exact) mass is 359 g/mol. The van der Waals surface area contributed by atoms with Crippen LogP contribution in [0.5, 0.6) is 0 Å². The molecule has 0 spiro atoms. The molecule has 2 aromatic carbocycles. The number of hydrogen-bond acceptors (Lipinski definition) is 2. The topological polar surface area (TPSA) is 49.3 Å². The number of benzene rings is 2. The number of para-hydroxylation sites is 1. The van der Waals surface area contributed by atoms with E-state index < -0.39 is 17.7 Å². The van der Waals surface area contributed by atoms with Crippen molar-refractivity contribution in [3.05, 3.63) is 58.1 Å². The second-order valence-electron chi connectivity index (χ2n) is 4.14. The van der Waals surface area contributed by atoms with Gasteiger partial charge in [0.15, 0.2) is 0 Å². The predicted octanol–water partition coefficient (Wildman–Crippen LogP) is 4.91. The molecule has 2 rings (SSSR count). The molecule has 0 saturated heterocycles. The molecular formula is C14H9BrF3NO2. The summed E-state index contributed by atoms with van der Waals surface area (Å²) in [6.07, 6.45) is -4.50. The molecule has 110 valence electrons. The lowest BCUT2D eigenvalue weighted by atomic mass is 10.1. The third kappa shape index (κ3) is 3.36. The van der Waals surface area contributed by atoms with Crippen LogP contribution in [-0.4, -0.2) is 11.1 Å². The molecule has 0 amide bonds. The number of alkyl halides is 3. The molecule has 7 heteroatoms. The molecule has 0 unspecified atom stereocenters. The van der Waals surface area contributed by atoms with Gasteiger partial charge in [-0.3, -0.25) is 0 Å². The van der Waals surface area contributed by atoms with Crippen molar-refractivity contribution in [2.24, 2.45) is 0 Å². The molecule has 0 aliphatic carbocycles. The minimum atomic E-state index is -4.50. The molecule has 2 N–H and O–H groups in total. The Kier molecular flexibility index (Phi) is 4.22. The lowest BCUT2D eigenvalue weighted by molar-refractivity contribution is -0.138. The first-order chi connectivity index (χ1) is 9.80.